The molecule has 6 rings (SSSR count). The summed E-state index contributed by atoms with van der Waals surface area (Å²) < 4.78 is 18.0. The van der Waals surface area contributed by atoms with Crippen LogP contribution in [0.25, 0.3) is 10.9 Å². The lowest BCUT2D eigenvalue weighted by Crippen LogP contribution is -2.51. The van der Waals surface area contributed by atoms with E-state index in [1.54, 1.807) is 21.9 Å². The maximum Gasteiger partial charge on any atom is 0.331 e. The first-order chi connectivity index (χ1) is 19.1. The molecule has 1 atom stereocenters. The standard InChI is InChI=1S/C29H31ClFN5O4/c1-16(2)36-25-12-23(31)24(11-22(25)27(38)35(29(36)40)13-17-5-6-17)32-28(39)33-9-3-4-20(15-33)34-14-18-7-8-19(30)10-21(18)26(34)37/h7-8,10-12,16-17,20H,3-6,9,13-15H2,1-2H3,(H,32,39). The van der Waals surface area contributed by atoms with Crippen molar-refractivity contribution in [3.63, 3.8) is 0 Å². The molecule has 3 heterocycles. The highest BCUT2D eigenvalue weighted by atomic mass is 35.5. The van der Waals surface area contributed by atoms with Gasteiger partial charge in [-0.05, 0) is 69.2 Å². The molecule has 3 aromatic rings. The summed E-state index contributed by atoms with van der Waals surface area (Å²) in [6, 6.07) is 6.78. The number of carbonyl (C=O) groups excluding carboxylic acids is 2. The number of hydrogen-bond donors (Lipinski definition) is 1. The number of benzene rings is 2. The predicted molar refractivity (Wildman–Crippen MR) is 150 cm³/mol. The molecular weight excluding hydrogens is 537 g/mol. The molecule has 2 aromatic carbocycles. The summed E-state index contributed by atoms with van der Waals surface area (Å²) in [6.07, 6.45) is 3.37. The number of rotatable bonds is 5. The normalized spacial score (nSPS) is 19.0. The first kappa shape index (κ1) is 26.6. The van der Waals surface area contributed by atoms with Gasteiger partial charge in [0.15, 0.2) is 0 Å². The lowest BCUT2D eigenvalue weighted by molar-refractivity contribution is 0.0608. The minimum Gasteiger partial charge on any atom is -0.330 e. The van der Waals surface area contributed by atoms with E-state index in [-0.39, 0.29) is 34.6 Å². The number of fused-ring (bicyclic) bond motifs is 2. The zero-order valence-corrected chi connectivity index (χ0v) is 23.2. The van der Waals surface area contributed by atoms with Crippen molar-refractivity contribution in [3.8, 4) is 0 Å². The summed E-state index contributed by atoms with van der Waals surface area (Å²) >= 11 is 6.09. The van der Waals surface area contributed by atoms with Gasteiger partial charge in [-0.25, -0.2) is 14.0 Å². The van der Waals surface area contributed by atoms with E-state index in [9.17, 15) is 19.2 Å². The monoisotopic (exact) mass is 567 g/mol. The first-order valence-electron chi connectivity index (χ1n) is 13.8. The molecule has 1 saturated carbocycles. The molecule has 1 aromatic heterocycles. The van der Waals surface area contributed by atoms with Crippen molar-refractivity contribution >= 4 is 40.1 Å². The Labute approximate surface area is 235 Å². The lowest BCUT2D eigenvalue weighted by Gasteiger charge is -2.37. The van der Waals surface area contributed by atoms with Gasteiger partial charge in [0.05, 0.1) is 22.6 Å². The fraction of sp³-hybridized carbons (Fsp3) is 0.448. The van der Waals surface area contributed by atoms with E-state index in [0.29, 0.717) is 49.1 Å². The molecule has 2 fully saturated rings. The second-order valence-corrected chi connectivity index (χ2v) is 11.8. The molecule has 3 aliphatic rings. The first-order valence-corrected chi connectivity index (χ1v) is 14.1. The molecule has 1 aliphatic carbocycles. The Balaban J connectivity index is 1.25. The van der Waals surface area contributed by atoms with Gasteiger partial charge in [-0.15, -0.1) is 0 Å². The number of carbonyl (C=O) groups is 2. The van der Waals surface area contributed by atoms with Gasteiger partial charge >= 0.3 is 11.7 Å². The number of urea groups is 1. The molecule has 1 saturated heterocycles. The smallest absolute Gasteiger partial charge is 0.330 e. The van der Waals surface area contributed by atoms with Crippen molar-refractivity contribution < 1.29 is 14.0 Å². The summed E-state index contributed by atoms with van der Waals surface area (Å²) in [5.74, 6) is -0.545. The number of amides is 3. The van der Waals surface area contributed by atoms with Crippen LogP contribution in [0, 0.1) is 11.7 Å². The fourth-order valence-electron chi connectivity index (χ4n) is 5.89. The Morgan fingerprint density at radius 2 is 1.90 bits per heavy atom. The van der Waals surface area contributed by atoms with Gasteiger partial charge < -0.3 is 15.1 Å². The van der Waals surface area contributed by atoms with Crippen molar-refractivity contribution in [3.05, 3.63) is 73.1 Å². The van der Waals surface area contributed by atoms with Crippen molar-refractivity contribution in [2.45, 2.75) is 64.7 Å². The number of nitrogens with one attached hydrogen (secondary N) is 1. The van der Waals surface area contributed by atoms with Crippen molar-refractivity contribution in [1.29, 1.82) is 0 Å². The van der Waals surface area contributed by atoms with Crippen LogP contribution in [0.1, 0.15) is 61.5 Å². The number of halogens is 2. The molecule has 11 heteroatoms. The second kappa shape index (κ2) is 10.1. The van der Waals surface area contributed by atoms with Crippen LogP contribution in [0.4, 0.5) is 14.9 Å². The topological polar surface area (TPSA) is 96.6 Å². The Bertz CT molecular complexity index is 1660. The summed E-state index contributed by atoms with van der Waals surface area (Å²) in [6.45, 7) is 5.17. The highest BCUT2D eigenvalue weighted by molar-refractivity contribution is 6.31. The third-order valence-corrected chi connectivity index (χ3v) is 8.42. The predicted octanol–water partition coefficient (Wildman–Crippen LogP) is 4.60. The van der Waals surface area contributed by atoms with Crippen molar-refractivity contribution in [2.24, 2.45) is 5.92 Å². The summed E-state index contributed by atoms with van der Waals surface area (Å²) in [7, 11) is 0. The van der Waals surface area contributed by atoms with Crippen LogP contribution in [-0.2, 0) is 13.1 Å². The largest absolute Gasteiger partial charge is 0.331 e. The van der Waals surface area contributed by atoms with Crippen LogP contribution >= 0.6 is 11.6 Å². The Kier molecular flexibility index (Phi) is 6.68. The van der Waals surface area contributed by atoms with Gasteiger partial charge in [-0.1, -0.05) is 17.7 Å². The number of hydrogen-bond acceptors (Lipinski definition) is 4. The third-order valence-electron chi connectivity index (χ3n) is 8.18. The molecule has 210 valence electrons. The highest BCUT2D eigenvalue weighted by Gasteiger charge is 2.36. The van der Waals surface area contributed by atoms with E-state index >= 15 is 4.39 Å². The fourth-order valence-corrected chi connectivity index (χ4v) is 6.06. The van der Waals surface area contributed by atoms with Gasteiger partial charge in [0.25, 0.3) is 11.5 Å². The van der Waals surface area contributed by atoms with Crippen molar-refractivity contribution in [2.75, 3.05) is 18.4 Å². The molecule has 1 N–H and O–H groups in total. The lowest BCUT2D eigenvalue weighted by atomic mass is 10.0. The zero-order valence-electron chi connectivity index (χ0n) is 22.5. The average molecular weight is 568 g/mol. The minimum atomic E-state index is -0.732. The maximum absolute atomic E-state index is 15.3. The van der Waals surface area contributed by atoms with E-state index in [1.165, 1.54) is 15.2 Å². The molecular formula is C29H31ClFN5O4. The van der Waals surface area contributed by atoms with E-state index in [2.05, 4.69) is 5.32 Å². The number of likely N-dealkylation sites (tertiary alicyclic amines) is 1. The molecule has 0 spiro atoms. The van der Waals surface area contributed by atoms with Crippen LogP contribution in [-0.4, -0.2) is 50.0 Å². The Hall–Kier alpha value is -3.66. The second-order valence-electron chi connectivity index (χ2n) is 11.4. The maximum atomic E-state index is 15.3. The summed E-state index contributed by atoms with van der Waals surface area (Å²) in [4.78, 5) is 56.1. The number of piperidine rings is 1. The summed E-state index contributed by atoms with van der Waals surface area (Å²) in [5, 5.41) is 3.32. The molecule has 9 nitrogen and oxygen atoms in total. The van der Waals surface area contributed by atoms with Crippen LogP contribution < -0.4 is 16.6 Å². The molecule has 40 heavy (non-hydrogen) atoms. The molecule has 1 unspecified atom stereocenters. The number of aromatic nitrogens is 2. The SMILES string of the molecule is CC(C)n1c(=O)n(CC2CC2)c(=O)c2cc(NC(=O)N3CCCC(N4Cc5ccc(Cl)cc5C4=O)C3)c(F)cc21. The molecule has 2 aliphatic heterocycles. The van der Waals surface area contributed by atoms with Gasteiger partial charge in [0.1, 0.15) is 5.82 Å². The molecule has 0 radical (unpaired) electrons. The van der Waals surface area contributed by atoms with Gasteiger partial charge in [-0.2, -0.15) is 0 Å². The molecule has 0 bridgehead atoms. The average Bonchev–Trinajstić information content (AvgIpc) is 3.69. The number of nitrogens with zero attached hydrogens (tertiary/aromatic N) is 4. The molecule has 3 amide bonds. The van der Waals surface area contributed by atoms with Gasteiger partial charge in [-0.3, -0.25) is 18.7 Å². The zero-order chi connectivity index (χ0) is 28.3. The van der Waals surface area contributed by atoms with Crippen LogP contribution in [0.3, 0.4) is 0 Å². The number of anilines is 1. The minimum absolute atomic E-state index is 0.107. The van der Waals surface area contributed by atoms with Gasteiger partial charge in [0, 0.05) is 48.9 Å². The van der Waals surface area contributed by atoms with Crippen LogP contribution in [0.2, 0.25) is 5.02 Å². The van der Waals surface area contributed by atoms with Crippen LogP contribution in [0.5, 0.6) is 0 Å². The Morgan fingerprint density at radius 3 is 2.62 bits per heavy atom. The van der Waals surface area contributed by atoms with E-state index in [0.717, 1.165) is 30.9 Å². The van der Waals surface area contributed by atoms with Crippen LogP contribution in [0.15, 0.2) is 39.9 Å². The van der Waals surface area contributed by atoms with E-state index < -0.39 is 23.1 Å². The third kappa shape index (κ3) is 4.68. The quantitative estimate of drug-likeness (QED) is 0.487. The van der Waals surface area contributed by atoms with Crippen molar-refractivity contribution in [1.82, 2.24) is 18.9 Å². The van der Waals surface area contributed by atoms with E-state index in [4.69, 9.17) is 11.6 Å². The Morgan fingerprint density at radius 1 is 1.12 bits per heavy atom. The summed E-state index contributed by atoms with van der Waals surface area (Å²) in [5.41, 5.74) is 0.641. The highest BCUT2D eigenvalue weighted by Crippen LogP contribution is 2.31. The van der Waals surface area contributed by atoms with E-state index in [1.807, 2.05) is 19.9 Å². The van der Waals surface area contributed by atoms with Gasteiger partial charge in [0.2, 0.25) is 0 Å².